The molecule has 23 heavy (non-hydrogen) atoms. The van der Waals surface area contributed by atoms with Crippen molar-refractivity contribution >= 4 is 37.5 Å². The second kappa shape index (κ2) is 6.01. The highest BCUT2D eigenvalue weighted by atomic mass is 32.1. The van der Waals surface area contributed by atoms with E-state index in [0.29, 0.717) is 16.5 Å². The maximum absolute atomic E-state index is 12.8. The molecule has 0 unspecified atom stereocenters. The fourth-order valence-electron chi connectivity index (χ4n) is 2.56. The zero-order chi connectivity index (χ0) is 16.6. The summed E-state index contributed by atoms with van der Waals surface area (Å²) in [6.45, 7) is 3.67. The van der Waals surface area contributed by atoms with Crippen LogP contribution in [-0.2, 0) is 4.79 Å². The minimum atomic E-state index is -1.04. The van der Waals surface area contributed by atoms with Gasteiger partial charge in [-0.05, 0) is 35.7 Å². The molecule has 0 aliphatic rings. The molecule has 4 nitrogen and oxygen atoms in total. The van der Waals surface area contributed by atoms with E-state index in [1.807, 2.05) is 44.2 Å². The van der Waals surface area contributed by atoms with Gasteiger partial charge in [0, 0.05) is 20.2 Å². The Labute approximate surface area is 137 Å². The first-order valence-corrected chi connectivity index (χ1v) is 8.13. The summed E-state index contributed by atoms with van der Waals surface area (Å²) >= 11 is 1.58. The predicted octanol–water partition coefficient (Wildman–Crippen LogP) is 4.00. The molecule has 1 aromatic heterocycles. The van der Waals surface area contributed by atoms with E-state index in [4.69, 9.17) is 9.84 Å². The number of fused-ring (bicyclic) bond motifs is 2. The van der Waals surface area contributed by atoms with E-state index >= 15 is 0 Å². The summed E-state index contributed by atoms with van der Waals surface area (Å²) in [4.78, 5) is 23.5. The van der Waals surface area contributed by atoms with Gasteiger partial charge in [-0.2, -0.15) is 0 Å². The third-order valence-corrected chi connectivity index (χ3v) is 4.90. The standard InChI is InChI=1S/C18H16O4S/c1-10(2)13-7-11(22-9-16(19)20)8-14-17(21)12-5-3-4-6-15(12)23-18(13)14/h3-8,10H,9H2,1-2H3,(H,19,20). The van der Waals surface area contributed by atoms with Crippen LogP contribution in [0, 0.1) is 0 Å². The van der Waals surface area contributed by atoms with Crippen molar-refractivity contribution in [2.75, 3.05) is 6.61 Å². The number of carboxylic acids is 1. The first-order chi connectivity index (χ1) is 11.0. The van der Waals surface area contributed by atoms with Crippen LogP contribution in [0.5, 0.6) is 5.75 Å². The Balaban J connectivity index is 2.31. The molecule has 0 radical (unpaired) electrons. The third kappa shape index (κ3) is 2.92. The molecule has 0 saturated carbocycles. The molecule has 0 saturated heterocycles. The first-order valence-electron chi connectivity index (χ1n) is 7.31. The highest BCUT2D eigenvalue weighted by Crippen LogP contribution is 2.34. The SMILES string of the molecule is CC(C)c1cc(OCC(=O)O)cc2c(=O)c3ccccc3sc12. The van der Waals surface area contributed by atoms with E-state index in [1.54, 1.807) is 17.4 Å². The van der Waals surface area contributed by atoms with Crippen molar-refractivity contribution in [1.82, 2.24) is 0 Å². The average molecular weight is 328 g/mol. The van der Waals surface area contributed by atoms with Crippen LogP contribution < -0.4 is 10.2 Å². The topological polar surface area (TPSA) is 63.6 Å². The molecule has 0 fully saturated rings. The van der Waals surface area contributed by atoms with E-state index in [1.165, 1.54) is 0 Å². The van der Waals surface area contributed by atoms with E-state index in [2.05, 4.69) is 0 Å². The number of carboxylic acid groups (broad SMARTS) is 1. The number of carbonyl (C=O) groups is 1. The van der Waals surface area contributed by atoms with E-state index in [9.17, 15) is 9.59 Å². The fraction of sp³-hybridized carbons (Fsp3) is 0.222. The zero-order valence-electron chi connectivity index (χ0n) is 12.8. The van der Waals surface area contributed by atoms with Crippen molar-refractivity contribution in [3.8, 4) is 5.75 Å². The van der Waals surface area contributed by atoms with Gasteiger partial charge in [-0.1, -0.05) is 26.0 Å². The van der Waals surface area contributed by atoms with Gasteiger partial charge in [0.05, 0.1) is 0 Å². The molecule has 5 heteroatoms. The number of hydrogen-bond donors (Lipinski definition) is 1. The van der Waals surface area contributed by atoms with Gasteiger partial charge in [-0.15, -0.1) is 11.3 Å². The predicted molar refractivity (Wildman–Crippen MR) is 92.8 cm³/mol. The molecule has 2 aromatic carbocycles. The maximum atomic E-state index is 12.8. The summed E-state index contributed by atoms with van der Waals surface area (Å²) in [5.74, 6) is -0.425. The lowest BCUT2D eigenvalue weighted by atomic mass is 10.0. The molecule has 0 aliphatic carbocycles. The molecule has 118 valence electrons. The summed E-state index contributed by atoms with van der Waals surface area (Å²) in [5.41, 5.74) is 0.952. The molecule has 0 spiro atoms. The summed E-state index contributed by atoms with van der Waals surface area (Å²) in [6, 6.07) is 11.0. The molecule has 3 aromatic rings. The Hall–Kier alpha value is -2.40. The first kappa shape index (κ1) is 15.5. The monoisotopic (exact) mass is 328 g/mol. The van der Waals surface area contributed by atoms with E-state index < -0.39 is 12.6 Å². The molecular weight excluding hydrogens is 312 g/mol. The molecule has 3 rings (SSSR count). The Kier molecular flexibility index (Phi) is 4.05. The molecule has 1 N–H and O–H groups in total. The van der Waals surface area contributed by atoms with Crippen LogP contribution in [0.2, 0.25) is 0 Å². The van der Waals surface area contributed by atoms with Gasteiger partial charge in [-0.3, -0.25) is 4.79 Å². The maximum Gasteiger partial charge on any atom is 0.341 e. The Morgan fingerprint density at radius 2 is 1.96 bits per heavy atom. The lowest BCUT2D eigenvalue weighted by molar-refractivity contribution is -0.139. The normalized spacial score (nSPS) is 11.3. The number of aliphatic carboxylic acids is 1. The van der Waals surface area contributed by atoms with Crippen molar-refractivity contribution < 1.29 is 14.6 Å². The van der Waals surface area contributed by atoms with Gasteiger partial charge in [0.2, 0.25) is 0 Å². The summed E-state index contributed by atoms with van der Waals surface area (Å²) in [5, 5.41) is 10.0. The third-order valence-electron chi connectivity index (χ3n) is 3.66. The van der Waals surface area contributed by atoms with Crippen molar-refractivity contribution in [3.05, 3.63) is 52.2 Å². The molecular formula is C18H16O4S. The van der Waals surface area contributed by atoms with Gasteiger partial charge in [0.25, 0.3) is 0 Å². The Morgan fingerprint density at radius 3 is 2.65 bits per heavy atom. The van der Waals surface area contributed by atoms with Crippen LogP contribution in [-0.4, -0.2) is 17.7 Å². The Bertz CT molecular complexity index is 956. The van der Waals surface area contributed by atoms with Crippen LogP contribution in [0.25, 0.3) is 20.2 Å². The van der Waals surface area contributed by atoms with Crippen molar-refractivity contribution in [2.24, 2.45) is 0 Å². The van der Waals surface area contributed by atoms with Crippen LogP contribution in [0.15, 0.2) is 41.2 Å². The van der Waals surface area contributed by atoms with Crippen LogP contribution >= 0.6 is 11.3 Å². The zero-order valence-corrected chi connectivity index (χ0v) is 13.6. The molecule has 0 atom stereocenters. The van der Waals surface area contributed by atoms with Gasteiger partial charge < -0.3 is 9.84 Å². The lowest BCUT2D eigenvalue weighted by Crippen LogP contribution is -2.10. The largest absolute Gasteiger partial charge is 0.482 e. The summed E-state index contributed by atoms with van der Waals surface area (Å²) < 4.78 is 7.19. The quantitative estimate of drug-likeness (QED) is 0.735. The molecule has 0 bridgehead atoms. The lowest BCUT2D eigenvalue weighted by Gasteiger charge is -2.13. The van der Waals surface area contributed by atoms with Crippen molar-refractivity contribution in [3.63, 3.8) is 0 Å². The van der Waals surface area contributed by atoms with Crippen molar-refractivity contribution in [2.45, 2.75) is 19.8 Å². The highest BCUT2D eigenvalue weighted by molar-refractivity contribution is 7.24. The van der Waals surface area contributed by atoms with Crippen molar-refractivity contribution in [1.29, 1.82) is 0 Å². The van der Waals surface area contributed by atoms with Crippen LogP contribution in [0.4, 0.5) is 0 Å². The van der Waals surface area contributed by atoms with Gasteiger partial charge >= 0.3 is 5.97 Å². The Morgan fingerprint density at radius 1 is 1.22 bits per heavy atom. The van der Waals surface area contributed by atoms with E-state index in [0.717, 1.165) is 15.0 Å². The average Bonchev–Trinajstić information content (AvgIpc) is 2.52. The van der Waals surface area contributed by atoms with Crippen LogP contribution in [0.1, 0.15) is 25.3 Å². The molecule has 1 heterocycles. The second-order valence-electron chi connectivity index (χ2n) is 5.65. The fourth-order valence-corrected chi connectivity index (χ4v) is 3.87. The molecule has 0 amide bonds. The van der Waals surface area contributed by atoms with Crippen LogP contribution in [0.3, 0.4) is 0 Å². The van der Waals surface area contributed by atoms with E-state index in [-0.39, 0.29) is 11.3 Å². The number of benzene rings is 2. The minimum Gasteiger partial charge on any atom is -0.482 e. The van der Waals surface area contributed by atoms with Gasteiger partial charge in [0.1, 0.15) is 5.75 Å². The van der Waals surface area contributed by atoms with Gasteiger partial charge in [0.15, 0.2) is 12.0 Å². The molecule has 0 aliphatic heterocycles. The minimum absolute atomic E-state index is 0.0444. The van der Waals surface area contributed by atoms with Gasteiger partial charge in [-0.25, -0.2) is 4.79 Å². The number of ether oxygens (including phenoxy) is 1. The number of hydrogen-bond acceptors (Lipinski definition) is 4. The second-order valence-corrected chi connectivity index (χ2v) is 6.71. The number of rotatable bonds is 4. The summed E-state index contributed by atoms with van der Waals surface area (Å²) in [7, 11) is 0. The highest BCUT2D eigenvalue weighted by Gasteiger charge is 2.14. The smallest absolute Gasteiger partial charge is 0.341 e. The summed E-state index contributed by atoms with van der Waals surface area (Å²) in [6.07, 6.45) is 0.